The van der Waals surface area contributed by atoms with E-state index in [0.717, 1.165) is 16.9 Å². The number of sulfone groups is 1. The van der Waals surface area contributed by atoms with Crippen molar-refractivity contribution < 1.29 is 45.9 Å². The third-order valence-corrected chi connectivity index (χ3v) is 7.99. The molecular weight excluding hydrogens is 549 g/mol. The summed E-state index contributed by atoms with van der Waals surface area (Å²) >= 11 is 0. The number of benzene rings is 1. The highest BCUT2D eigenvalue weighted by Crippen LogP contribution is 2.29. The van der Waals surface area contributed by atoms with E-state index in [1.165, 1.54) is 4.90 Å². The number of hydrogen-bond acceptors (Lipinski definition) is 9. The Kier molecular flexibility index (Phi) is 7.74. The lowest BCUT2D eigenvalue weighted by Crippen LogP contribution is -2.52. The van der Waals surface area contributed by atoms with Crippen LogP contribution in [0, 0.1) is 0 Å². The van der Waals surface area contributed by atoms with E-state index in [9.17, 15) is 36.0 Å². The standard InChI is InChI=1S/C20H22N6O5S.C2HF3O2/c27-18-4-3-17(19(28)21-18)25-10-13-9-15(1-2-16(13)20(25)29)26-12-14(22-23-26)11-24-5-7-32(30,31)8-6-24;3-2(4,5)1(6)7/h1-2,9,12,17H,3-8,10-11H2,(H,21,27,28);(H,6,7). The molecule has 1 unspecified atom stereocenters. The fraction of sp³-hybridized carbons (Fsp3) is 0.455. The van der Waals surface area contributed by atoms with Gasteiger partial charge in [0.15, 0.2) is 9.84 Å². The Labute approximate surface area is 219 Å². The van der Waals surface area contributed by atoms with Gasteiger partial charge in [-0.1, -0.05) is 5.21 Å². The van der Waals surface area contributed by atoms with Crippen molar-refractivity contribution in [2.45, 2.75) is 38.1 Å². The summed E-state index contributed by atoms with van der Waals surface area (Å²) in [6, 6.07) is 4.69. The van der Waals surface area contributed by atoms with E-state index in [1.54, 1.807) is 23.0 Å². The van der Waals surface area contributed by atoms with E-state index >= 15 is 0 Å². The lowest BCUT2D eigenvalue weighted by atomic mass is 10.0. The molecule has 3 aliphatic heterocycles. The zero-order valence-corrected chi connectivity index (χ0v) is 21.0. The van der Waals surface area contributed by atoms with Crippen LogP contribution >= 0.6 is 0 Å². The molecule has 13 nitrogen and oxygen atoms in total. The SMILES string of the molecule is O=C(O)C(F)(F)F.O=C1CCC(N2Cc3cc(-n4cc(CN5CCS(=O)(=O)CC5)nn4)ccc3C2=O)C(=O)N1. The summed E-state index contributed by atoms with van der Waals surface area (Å²) < 4.78 is 56.5. The van der Waals surface area contributed by atoms with Gasteiger partial charge in [0.25, 0.3) is 5.91 Å². The maximum Gasteiger partial charge on any atom is 0.490 e. The summed E-state index contributed by atoms with van der Waals surface area (Å²) in [6.07, 6.45) is -2.76. The molecule has 0 spiro atoms. The van der Waals surface area contributed by atoms with E-state index in [4.69, 9.17) is 9.90 Å². The van der Waals surface area contributed by atoms with Crippen LogP contribution in [0.2, 0.25) is 0 Å². The third kappa shape index (κ3) is 6.59. The first-order chi connectivity index (χ1) is 18.2. The third-order valence-electron chi connectivity index (χ3n) is 6.38. The minimum Gasteiger partial charge on any atom is -0.475 e. The van der Waals surface area contributed by atoms with Crippen LogP contribution in [0.4, 0.5) is 13.2 Å². The van der Waals surface area contributed by atoms with Gasteiger partial charge in [-0.05, 0) is 30.2 Å². The molecule has 17 heteroatoms. The molecule has 3 amide bonds. The van der Waals surface area contributed by atoms with Gasteiger partial charge in [0.1, 0.15) is 6.04 Å². The zero-order chi connectivity index (χ0) is 28.5. The maximum atomic E-state index is 12.8. The number of imide groups is 1. The van der Waals surface area contributed by atoms with E-state index in [1.807, 2.05) is 11.0 Å². The van der Waals surface area contributed by atoms with Gasteiger partial charge in [-0.25, -0.2) is 17.9 Å². The number of carboxylic acid groups (broad SMARTS) is 1. The fourth-order valence-electron chi connectivity index (χ4n) is 4.34. The van der Waals surface area contributed by atoms with Crippen LogP contribution in [0.5, 0.6) is 0 Å². The fourth-order valence-corrected chi connectivity index (χ4v) is 5.61. The molecule has 210 valence electrons. The van der Waals surface area contributed by atoms with E-state index < -0.39 is 33.9 Å². The number of halogens is 3. The number of nitrogens with zero attached hydrogens (tertiary/aromatic N) is 5. The van der Waals surface area contributed by atoms with Gasteiger partial charge in [0.05, 0.1) is 29.1 Å². The summed E-state index contributed by atoms with van der Waals surface area (Å²) in [5.41, 5.74) is 2.79. The highest BCUT2D eigenvalue weighted by atomic mass is 32.2. The van der Waals surface area contributed by atoms with Crippen LogP contribution in [0.25, 0.3) is 5.69 Å². The van der Waals surface area contributed by atoms with Crippen molar-refractivity contribution in [1.29, 1.82) is 0 Å². The van der Waals surface area contributed by atoms with Gasteiger partial charge in [0.2, 0.25) is 11.8 Å². The molecule has 0 bridgehead atoms. The Morgan fingerprint density at radius 2 is 1.82 bits per heavy atom. The molecule has 0 aliphatic carbocycles. The molecule has 1 aromatic carbocycles. The van der Waals surface area contributed by atoms with Crippen LogP contribution in [0.15, 0.2) is 24.4 Å². The predicted molar refractivity (Wildman–Crippen MR) is 125 cm³/mol. The Balaban J connectivity index is 0.000000448. The zero-order valence-electron chi connectivity index (χ0n) is 20.2. The van der Waals surface area contributed by atoms with Gasteiger partial charge >= 0.3 is 12.1 Å². The quantitative estimate of drug-likeness (QED) is 0.471. The van der Waals surface area contributed by atoms with Crippen molar-refractivity contribution in [3.8, 4) is 5.69 Å². The Morgan fingerprint density at radius 1 is 1.15 bits per heavy atom. The molecule has 2 saturated heterocycles. The van der Waals surface area contributed by atoms with Crippen LogP contribution in [0.3, 0.4) is 0 Å². The second kappa shape index (κ2) is 10.7. The highest BCUT2D eigenvalue weighted by Gasteiger charge is 2.39. The number of alkyl halides is 3. The molecule has 2 N–H and O–H groups in total. The molecule has 2 fully saturated rings. The minimum atomic E-state index is -5.08. The summed E-state index contributed by atoms with van der Waals surface area (Å²) in [7, 11) is -2.93. The van der Waals surface area contributed by atoms with Crippen molar-refractivity contribution in [2.24, 2.45) is 0 Å². The predicted octanol–water partition coefficient (Wildman–Crippen LogP) is -0.108. The Bertz CT molecular complexity index is 1410. The number of hydrogen-bond donors (Lipinski definition) is 2. The van der Waals surface area contributed by atoms with E-state index in [-0.39, 0.29) is 36.3 Å². The first kappa shape index (κ1) is 28.2. The van der Waals surface area contributed by atoms with Crippen LogP contribution < -0.4 is 5.32 Å². The lowest BCUT2D eigenvalue weighted by molar-refractivity contribution is -0.192. The summed E-state index contributed by atoms with van der Waals surface area (Å²) in [6.45, 7) is 1.76. The largest absolute Gasteiger partial charge is 0.490 e. The molecule has 39 heavy (non-hydrogen) atoms. The molecule has 1 aromatic heterocycles. The highest BCUT2D eigenvalue weighted by molar-refractivity contribution is 7.91. The Hall–Kier alpha value is -3.86. The van der Waals surface area contributed by atoms with Crippen molar-refractivity contribution in [1.82, 2.24) is 30.1 Å². The molecular formula is C22H23F3N6O7S. The molecule has 4 heterocycles. The van der Waals surface area contributed by atoms with E-state index in [0.29, 0.717) is 31.6 Å². The number of carbonyl (C=O) groups is 4. The van der Waals surface area contributed by atoms with Gasteiger partial charge in [-0.3, -0.25) is 24.6 Å². The number of carboxylic acids is 1. The molecule has 2 aromatic rings. The van der Waals surface area contributed by atoms with E-state index in [2.05, 4.69) is 15.6 Å². The lowest BCUT2D eigenvalue weighted by Gasteiger charge is -2.29. The topological polar surface area (TPSA) is 172 Å². The van der Waals surface area contributed by atoms with Gasteiger partial charge in [0, 0.05) is 38.2 Å². The molecule has 3 aliphatic rings. The number of nitrogens with one attached hydrogen (secondary N) is 1. The van der Waals surface area contributed by atoms with Gasteiger partial charge in [-0.15, -0.1) is 5.10 Å². The summed E-state index contributed by atoms with van der Waals surface area (Å²) in [5, 5.41) is 17.8. The van der Waals surface area contributed by atoms with Crippen molar-refractivity contribution in [2.75, 3.05) is 24.6 Å². The molecule has 5 rings (SSSR count). The van der Waals surface area contributed by atoms with Crippen molar-refractivity contribution >= 4 is 33.5 Å². The summed E-state index contributed by atoms with van der Waals surface area (Å²) in [5.74, 6) is -3.42. The number of aliphatic carboxylic acids is 1. The second-order valence-electron chi connectivity index (χ2n) is 9.13. The minimum absolute atomic E-state index is 0.156. The Morgan fingerprint density at radius 3 is 2.44 bits per heavy atom. The first-order valence-electron chi connectivity index (χ1n) is 11.7. The average Bonchev–Trinajstić information content (AvgIpc) is 3.44. The van der Waals surface area contributed by atoms with Crippen LogP contribution in [-0.2, 0) is 37.3 Å². The smallest absolute Gasteiger partial charge is 0.475 e. The average molecular weight is 573 g/mol. The number of carbonyl (C=O) groups excluding carboxylic acids is 3. The maximum absolute atomic E-state index is 12.8. The normalized spacial score (nSPS) is 21.2. The number of aromatic nitrogens is 3. The number of piperidine rings is 1. The number of rotatable bonds is 4. The van der Waals surface area contributed by atoms with Gasteiger partial charge in [-0.2, -0.15) is 13.2 Å². The summed E-state index contributed by atoms with van der Waals surface area (Å²) in [4.78, 5) is 48.9. The molecule has 0 saturated carbocycles. The van der Waals surface area contributed by atoms with Gasteiger partial charge < -0.3 is 10.0 Å². The van der Waals surface area contributed by atoms with Crippen LogP contribution in [0.1, 0.15) is 34.5 Å². The monoisotopic (exact) mass is 572 g/mol. The van der Waals surface area contributed by atoms with Crippen LogP contribution in [-0.4, -0.2) is 98.8 Å². The van der Waals surface area contributed by atoms with Crippen molar-refractivity contribution in [3.63, 3.8) is 0 Å². The second-order valence-corrected chi connectivity index (χ2v) is 11.4. The molecule has 0 radical (unpaired) electrons. The number of amides is 3. The molecule has 1 atom stereocenters. The first-order valence-corrected chi connectivity index (χ1v) is 13.5. The van der Waals surface area contributed by atoms with Crippen molar-refractivity contribution in [3.05, 3.63) is 41.2 Å². The number of fused-ring (bicyclic) bond motifs is 1.